The molecule has 1 aliphatic rings. The van der Waals surface area contributed by atoms with E-state index in [0.717, 1.165) is 5.39 Å². The third-order valence-electron chi connectivity index (χ3n) is 4.66. The summed E-state index contributed by atoms with van der Waals surface area (Å²) in [6.07, 6.45) is 1.86. The zero-order chi connectivity index (χ0) is 19.7. The van der Waals surface area contributed by atoms with Gasteiger partial charge in [-0.25, -0.2) is 0 Å². The Morgan fingerprint density at radius 1 is 1.25 bits per heavy atom. The van der Waals surface area contributed by atoms with Crippen LogP contribution < -0.4 is 15.0 Å². The molecule has 2 heterocycles. The van der Waals surface area contributed by atoms with Crippen molar-refractivity contribution in [3.05, 3.63) is 59.8 Å². The number of carbonyl (C=O) groups excluding carboxylic acids is 2. The molecule has 1 aliphatic heterocycles. The Morgan fingerprint density at radius 3 is 2.93 bits per heavy atom. The maximum Gasteiger partial charge on any atom is 0.265 e. The Hall–Kier alpha value is -3.12. The van der Waals surface area contributed by atoms with Gasteiger partial charge in [-0.15, -0.1) is 0 Å². The molecule has 7 heteroatoms. The Bertz CT molecular complexity index is 1070. The van der Waals surface area contributed by atoms with Crippen molar-refractivity contribution in [2.75, 3.05) is 16.8 Å². The molecular weight excluding hydrogens is 378 g/mol. The molecule has 1 N–H and O–H groups in total. The van der Waals surface area contributed by atoms with Crippen molar-refractivity contribution in [3.63, 3.8) is 0 Å². The Labute approximate surface area is 167 Å². The third kappa shape index (κ3) is 3.39. The number of para-hydroxylation sites is 2. The number of nitrogens with zero attached hydrogens (tertiary/aromatic N) is 2. The SMILES string of the molecule is C[C@@H]1CC(=O)Nc2ccccc2N1C(=O)COc1ccc(Cl)c2cccnc12. The van der Waals surface area contributed by atoms with Gasteiger partial charge in [-0.05, 0) is 43.3 Å². The first-order chi connectivity index (χ1) is 13.5. The summed E-state index contributed by atoms with van der Waals surface area (Å²) < 4.78 is 5.80. The smallest absolute Gasteiger partial charge is 0.265 e. The van der Waals surface area contributed by atoms with Gasteiger partial charge < -0.3 is 15.0 Å². The van der Waals surface area contributed by atoms with Crippen LogP contribution in [0.25, 0.3) is 10.9 Å². The molecule has 0 aliphatic carbocycles. The van der Waals surface area contributed by atoms with Crippen LogP contribution in [0.1, 0.15) is 13.3 Å². The Morgan fingerprint density at radius 2 is 2.07 bits per heavy atom. The molecule has 0 bridgehead atoms. The van der Waals surface area contributed by atoms with Gasteiger partial charge in [-0.1, -0.05) is 23.7 Å². The fourth-order valence-electron chi connectivity index (χ4n) is 3.41. The van der Waals surface area contributed by atoms with E-state index in [0.29, 0.717) is 27.7 Å². The molecule has 2 amide bonds. The number of amides is 2. The predicted octanol–water partition coefficient (Wildman–Crippen LogP) is 4.03. The number of anilines is 2. The maximum absolute atomic E-state index is 13.0. The van der Waals surface area contributed by atoms with Crippen molar-refractivity contribution >= 4 is 45.7 Å². The minimum atomic E-state index is -0.292. The van der Waals surface area contributed by atoms with E-state index >= 15 is 0 Å². The lowest BCUT2D eigenvalue weighted by atomic mass is 10.1. The second-order valence-electron chi connectivity index (χ2n) is 6.62. The molecule has 0 saturated carbocycles. The van der Waals surface area contributed by atoms with Crippen molar-refractivity contribution < 1.29 is 14.3 Å². The van der Waals surface area contributed by atoms with E-state index in [4.69, 9.17) is 16.3 Å². The van der Waals surface area contributed by atoms with E-state index in [1.807, 2.05) is 31.2 Å². The van der Waals surface area contributed by atoms with Crippen LogP contribution in [-0.2, 0) is 9.59 Å². The van der Waals surface area contributed by atoms with Gasteiger partial charge in [0, 0.05) is 24.0 Å². The van der Waals surface area contributed by atoms with Crippen molar-refractivity contribution in [1.82, 2.24) is 4.98 Å². The molecule has 4 rings (SSSR count). The number of carbonyl (C=O) groups is 2. The van der Waals surface area contributed by atoms with Crippen molar-refractivity contribution in [3.8, 4) is 5.75 Å². The lowest BCUT2D eigenvalue weighted by Gasteiger charge is -2.27. The van der Waals surface area contributed by atoms with Crippen molar-refractivity contribution in [2.45, 2.75) is 19.4 Å². The predicted molar refractivity (Wildman–Crippen MR) is 109 cm³/mol. The summed E-state index contributed by atoms with van der Waals surface area (Å²) in [6.45, 7) is 1.67. The maximum atomic E-state index is 13.0. The fourth-order valence-corrected chi connectivity index (χ4v) is 3.62. The molecular formula is C21H18ClN3O3. The van der Waals surface area contributed by atoms with E-state index in [1.165, 1.54) is 0 Å². The number of aromatic nitrogens is 1. The largest absolute Gasteiger partial charge is 0.481 e. The molecule has 1 aromatic heterocycles. The molecule has 2 aromatic carbocycles. The van der Waals surface area contributed by atoms with E-state index in [-0.39, 0.29) is 30.9 Å². The molecule has 1 atom stereocenters. The second-order valence-corrected chi connectivity index (χ2v) is 7.02. The van der Waals surface area contributed by atoms with Gasteiger partial charge in [0.2, 0.25) is 5.91 Å². The number of rotatable bonds is 3. The van der Waals surface area contributed by atoms with Crippen LogP contribution in [0.4, 0.5) is 11.4 Å². The number of pyridine rings is 1. The van der Waals surface area contributed by atoms with Crippen LogP contribution in [0, 0.1) is 0 Å². The summed E-state index contributed by atoms with van der Waals surface area (Å²) in [7, 11) is 0. The summed E-state index contributed by atoms with van der Waals surface area (Å²) in [5, 5.41) is 4.18. The molecule has 3 aromatic rings. The molecule has 28 heavy (non-hydrogen) atoms. The van der Waals surface area contributed by atoms with E-state index in [9.17, 15) is 9.59 Å². The minimum absolute atomic E-state index is 0.121. The summed E-state index contributed by atoms with van der Waals surface area (Å²) in [5.41, 5.74) is 1.88. The molecule has 142 valence electrons. The van der Waals surface area contributed by atoms with Crippen LogP contribution in [-0.4, -0.2) is 29.4 Å². The lowest BCUT2D eigenvalue weighted by molar-refractivity contribution is -0.121. The molecule has 0 radical (unpaired) electrons. The number of fused-ring (bicyclic) bond motifs is 2. The second kappa shape index (κ2) is 7.48. The van der Waals surface area contributed by atoms with Gasteiger partial charge in [0.25, 0.3) is 5.91 Å². The summed E-state index contributed by atoms with van der Waals surface area (Å²) in [4.78, 5) is 31.0. The fraction of sp³-hybridized carbons (Fsp3) is 0.190. The minimum Gasteiger partial charge on any atom is -0.481 e. The Balaban J connectivity index is 1.61. The zero-order valence-corrected chi connectivity index (χ0v) is 15.9. The lowest BCUT2D eigenvalue weighted by Crippen LogP contribution is -2.41. The van der Waals surface area contributed by atoms with Crippen LogP contribution in [0.5, 0.6) is 5.75 Å². The average molecular weight is 396 g/mol. The van der Waals surface area contributed by atoms with E-state index < -0.39 is 0 Å². The quantitative estimate of drug-likeness (QED) is 0.726. The number of hydrogen-bond donors (Lipinski definition) is 1. The van der Waals surface area contributed by atoms with E-state index in [2.05, 4.69) is 10.3 Å². The van der Waals surface area contributed by atoms with Crippen LogP contribution >= 0.6 is 11.6 Å². The Kier molecular flexibility index (Phi) is 4.88. The highest BCUT2D eigenvalue weighted by molar-refractivity contribution is 6.35. The van der Waals surface area contributed by atoms with Gasteiger partial charge in [0.05, 0.1) is 16.4 Å². The van der Waals surface area contributed by atoms with Gasteiger partial charge in [0.1, 0.15) is 11.3 Å². The van der Waals surface area contributed by atoms with Gasteiger partial charge in [-0.3, -0.25) is 14.6 Å². The number of nitrogens with one attached hydrogen (secondary N) is 1. The highest BCUT2D eigenvalue weighted by Gasteiger charge is 2.29. The molecule has 0 spiro atoms. The van der Waals surface area contributed by atoms with Crippen molar-refractivity contribution in [1.29, 1.82) is 0 Å². The average Bonchev–Trinajstić information content (AvgIpc) is 2.81. The summed E-state index contributed by atoms with van der Waals surface area (Å²) in [6, 6.07) is 14.0. The normalized spacial score (nSPS) is 16.3. The van der Waals surface area contributed by atoms with Crippen LogP contribution in [0.15, 0.2) is 54.7 Å². The first kappa shape index (κ1) is 18.3. The van der Waals surface area contributed by atoms with E-state index in [1.54, 1.807) is 35.4 Å². The van der Waals surface area contributed by atoms with Gasteiger partial charge in [-0.2, -0.15) is 0 Å². The topological polar surface area (TPSA) is 71.5 Å². The first-order valence-electron chi connectivity index (χ1n) is 8.91. The number of benzene rings is 2. The van der Waals surface area contributed by atoms with Gasteiger partial charge in [0.15, 0.2) is 6.61 Å². The van der Waals surface area contributed by atoms with Crippen molar-refractivity contribution in [2.24, 2.45) is 0 Å². The number of ether oxygens (including phenoxy) is 1. The summed E-state index contributed by atoms with van der Waals surface area (Å²) >= 11 is 6.21. The monoisotopic (exact) mass is 395 g/mol. The summed E-state index contributed by atoms with van der Waals surface area (Å²) in [5.74, 6) is 0.123. The highest BCUT2D eigenvalue weighted by Crippen LogP contribution is 2.32. The van der Waals surface area contributed by atoms with Crippen LogP contribution in [0.2, 0.25) is 5.02 Å². The molecule has 6 nitrogen and oxygen atoms in total. The molecule has 0 saturated heterocycles. The molecule has 0 unspecified atom stereocenters. The standard InChI is InChI=1S/C21H18ClN3O3/c1-13-11-19(26)24-16-6-2-3-7-17(16)25(13)20(27)12-28-18-9-8-15(22)14-5-4-10-23-21(14)18/h2-10,13H,11-12H2,1H3,(H,24,26)/t13-/m1/s1. The highest BCUT2D eigenvalue weighted by atomic mass is 35.5. The zero-order valence-electron chi connectivity index (χ0n) is 15.2. The van der Waals surface area contributed by atoms with Gasteiger partial charge >= 0.3 is 0 Å². The number of hydrogen-bond acceptors (Lipinski definition) is 4. The van der Waals surface area contributed by atoms with Crippen LogP contribution in [0.3, 0.4) is 0 Å². The first-order valence-corrected chi connectivity index (χ1v) is 9.29. The molecule has 0 fully saturated rings. The third-order valence-corrected chi connectivity index (χ3v) is 4.99. The number of halogens is 1.